The predicted molar refractivity (Wildman–Crippen MR) is 131 cm³/mol. The van der Waals surface area contributed by atoms with E-state index in [0.29, 0.717) is 17.3 Å². The third-order valence-corrected chi connectivity index (χ3v) is 5.28. The number of hydrogen-bond donors (Lipinski definition) is 2. The smallest absolute Gasteiger partial charge is 0.336 e. The topological polar surface area (TPSA) is 83.5 Å². The van der Waals surface area contributed by atoms with Crippen LogP contribution in [0.1, 0.15) is 97.4 Å². The van der Waals surface area contributed by atoms with Gasteiger partial charge in [0.05, 0.1) is 5.56 Å². The molecular formula is C27H36FNO4. The molecule has 2 N–H and O–H groups in total. The van der Waals surface area contributed by atoms with Crippen LogP contribution in [-0.4, -0.2) is 29.3 Å². The van der Waals surface area contributed by atoms with Gasteiger partial charge in [-0.3, -0.25) is 9.59 Å². The van der Waals surface area contributed by atoms with Gasteiger partial charge in [0.15, 0.2) is 0 Å². The Kier molecular flexibility index (Phi) is 10.4. The molecule has 1 aliphatic rings. The van der Waals surface area contributed by atoms with Crippen LogP contribution in [0.4, 0.5) is 4.39 Å². The molecule has 0 radical (unpaired) electrons. The van der Waals surface area contributed by atoms with Gasteiger partial charge in [-0.05, 0) is 60.1 Å². The molecular weight excluding hydrogens is 421 g/mol. The number of benzene rings is 2. The van der Waals surface area contributed by atoms with Crippen LogP contribution in [0.25, 0.3) is 11.1 Å². The standard InChI is InChI=1S/C19H16FNO4.C6H14.C2H6/c1-10-15(14-5-2-11(9-22)6-16(14)19(24)25)7-12(8-17(10)20)18(23)21-13-3-4-13;1-5-6(2,3)4;1-2/h2,5-9,13H,3-4H2,1H3,(H,21,23)(H,24,25);5H2,1-4H3;1-2H3. The molecule has 1 amide bonds. The molecule has 33 heavy (non-hydrogen) atoms. The van der Waals surface area contributed by atoms with Crippen molar-refractivity contribution in [1.29, 1.82) is 0 Å². The zero-order chi connectivity index (χ0) is 25.3. The Hall–Kier alpha value is -3.02. The molecule has 0 aromatic heterocycles. The lowest BCUT2D eigenvalue weighted by Crippen LogP contribution is -2.25. The minimum Gasteiger partial charge on any atom is -0.478 e. The van der Waals surface area contributed by atoms with Gasteiger partial charge < -0.3 is 10.4 Å². The molecule has 2 aromatic rings. The number of hydrogen-bond acceptors (Lipinski definition) is 3. The molecule has 5 nitrogen and oxygen atoms in total. The zero-order valence-corrected chi connectivity index (χ0v) is 20.7. The van der Waals surface area contributed by atoms with Crippen LogP contribution >= 0.6 is 0 Å². The number of aromatic carboxylic acids is 1. The van der Waals surface area contributed by atoms with Crippen molar-refractivity contribution in [3.8, 4) is 11.1 Å². The highest BCUT2D eigenvalue weighted by molar-refractivity contribution is 6.00. The van der Waals surface area contributed by atoms with Crippen molar-refractivity contribution in [3.05, 3.63) is 58.4 Å². The summed E-state index contributed by atoms with van der Waals surface area (Å²) in [4.78, 5) is 34.7. The van der Waals surface area contributed by atoms with E-state index in [1.807, 2.05) is 13.8 Å². The van der Waals surface area contributed by atoms with Crippen LogP contribution < -0.4 is 5.32 Å². The fourth-order valence-corrected chi connectivity index (χ4v) is 2.63. The molecule has 0 aliphatic heterocycles. The fraction of sp³-hybridized carbons (Fsp3) is 0.444. The number of carbonyl (C=O) groups excluding carboxylic acids is 2. The molecule has 0 bridgehead atoms. The zero-order valence-electron chi connectivity index (χ0n) is 20.7. The number of amides is 1. The molecule has 6 heteroatoms. The highest BCUT2D eigenvalue weighted by atomic mass is 19.1. The molecule has 1 fully saturated rings. The van der Waals surface area contributed by atoms with Crippen molar-refractivity contribution >= 4 is 18.2 Å². The normalized spacial score (nSPS) is 12.5. The van der Waals surface area contributed by atoms with Crippen molar-refractivity contribution in [3.63, 3.8) is 0 Å². The maximum Gasteiger partial charge on any atom is 0.336 e. The Morgan fingerprint density at radius 1 is 1.12 bits per heavy atom. The van der Waals surface area contributed by atoms with E-state index < -0.39 is 11.8 Å². The highest BCUT2D eigenvalue weighted by Gasteiger charge is 2.25. The molecule has 0 atom stereocenters. The lowest BCUT2D eigenvalue weighted by Gasteiger charge is -2.13. The number of nitrogens with one attached hydrogen (secondary N) is 1. The first-order valence-corrected chi connectivity index (χ1v) is 11.4. The van der Waals surface area contributed by atoms with Gasteiger partial charge in [0.25, 0.3) is 5.91 Å². The Balaban J connectivity index is 0.000000593. The van der Waals surface area contributed by atoms with Gasteiger partial charge >= 0.3 is 5.97 Å². The number of carboxylic acids is 1. The first-order chi connectivity index (χ1) is 15.5. The molecule has 1 saturated carbocycles. The first-order valence-electron chi connectivity index (χ1n) is 11.4. The number of halogens is 1. The van der Waals surface area contributed by atoms with Crippen LogP contribution in [0, 0.1) is 18.2 Å². The molecule has 1 aliphatic carbocycles. The molecule has 180 valence electrons. The molecule has 0 saturated heterocycles. The number of carboxylic acid groups (broad SMARTS) is 1. The van der Waals surface area contributed by atoms with Crippen LogP contribution in [-0.2, 0) is 0 Å². The average molecular weight is 458 g/mol. The summed E-state index contributed by atoms with van der Waals surface area (Å²) in [7, 11) is 0. The van der Waals surface area contributed by atoms with E-state index in [9.17, 15) is 23.9 Å². The molecule has 0 spiro atoms. The highest BCUT2D eigenvalue weighted by Crippen LogP contribution is 2.31. The summed E-state index contributed by atoms with van der Waals surface area (Å²) in [6, 6.07) is 6.91. The quantitative estimate of drug-likeness (QED) is 0.491. The summed E-state index contributed by atoms with van der Waals surface area (Å²) in [5, 5.41) is 12.2. The largest absolute Gasteiger partial charge is 0.478 e. The van der Waals surface area contributed by atoms with Crippen LogP contribution in [0.2, 0.25) is 0 Å². The van der Waals surface area contributed by atoms with Gasteiger partial charge in [0.2, 0.25) is 0 Å². The lowest BCUT2D eigenvalue weighted by atomic mass is 9.92. The maximum absolute atomic E-state index is 14.3. The number of aldehydes is 1. The van der Waals surface area contributed by atoms with Gasteiger partial charge in [-0.1, -0.05) is 60.1 Å². The van der Waals surface area contributed by atoms with E-state index in [1.54, 1.807) is 0 Å². The van der Waals surface area contributed by atoms with Crippen LogP contribution in [0.15, 0.2) is 30.3 Å². The monoisotopic (exact) mass is 457 g/mol. The fourth-order valence-electron chi connectivity index (χ4n) is 2.63. The second-order valence-corrected chi connectivity index (χ2v) is 9.02. The number of rotatable bonds is 5. The van der Waals surface area contributed by atoms with E-state index in [1.165, 1.54) is 37.6 Å². The Morgan fingerprint density at radius 2 is 1.70 bits per heavy atom. The predicted octanol–water partition coefficient (Wildman–Crippen LogP) is 6.67. The van der Waals surface area contributed by atoms with E-state index in [2.05, 4.69) is 33.0 Å². The van der Waals surface area contributed by atoms with Gasteiger partial charge in [-0.15, -0.1) is 0 Å². The second-order valence-electron chi connectivity index (χ2n) is 9.02. The Bertz CT molecular complexity index is 988. The van der Waals surface area contributed by atoms with Crippen molar-refractivity contribution in [2.45, 2.75) is 73.8 Å². The second kappa shape index (κ2) is 12.3. The van der Waals surface area contributed by atoms with Crippen LogP contribution in [0.3, 0.4) is 0 Å². The van der Waals surface area contributed by atoms with Gasteiger partial charge in [0.1, 0.15) is 12.1 Å². The van der Waals surface area contributed by atoms with Crippen molar-refractivity contribution < 1.29 is 23.9 Å². The number of carbonyl (C=O) groups is 3. The molecule has 0 unspecified atom stereocenters. The van der Waals surface area contributed by atoms with Crippen molar-refractivity contribution in [2.24, 2.45) is 5.41 Å². The first kappa shape index (κ1) is 28.0. The third kappa shape index (κ3) is 8.44. The SMILES string of the molecule is CC.CCC(C)(C)C.Cc1c(F)cc(C(=O)NC2CC2)cc1-c1ccc(C=O)cc1C(=O)O. The van der Waals surface area contributed by atoms with E-state index in [4.69, 9.17) is 0 Å². The summed E-state index contributed by atoms with van der Waals surface area (Å²) in [5.41, 5.74) is 1.59. The summed E-state index contributed by atoms with van der Waals surface area (Å²) in [5.74, 6) is -2.20. The third-order valence-electron chi connectivity index (χ3n) is 5.28. The van der Waals surface area contributed by atoms with Crippen LogP contribution in [0.5, 0.6) is 0 Å². The molecule has 3 rings (SSSR count). The lowest BCUT2D eigenvalue weighted by molar-refractivity contribution is 0.0697. The van der Waals surface area contributed by atoms with E-state index in [-0.39, 0.29) is 39.8 Å². The Morgan fingerprint density at radius 3 is 2.15 bits per heavy atom. The van der Waals surface area contributed by atoms with Gasteiger partial charge in [0, 0.05) is 17.2 Å². The average Bonchev–Trinajstić information content (AvgIpc) is 3.60. The minimum atomic E-state index is -1.23. The maximum atomic E-state index is 14.3. The summed E-state index contributed by atoms with van der Waals surface area (Å²) < 4.78 is 14.3. The minimum absolute atomic E-state index is 0.119. The van der Waals surface area contributed by atoms with E-state index in [0.717, 1.165) is 18.9 Å². The molecule has 2 aromatic carbocycles. The van der Waals surface area contributed by atoms with Crippen molar-refractivity contribution in [1.82, 2.24) is 5.32 Å². The Labute approximate surface area is 196 Å². The van der Waals surface area contributed by atoms with Gasteiger partial charge in [-0.25, -0.2) is 9.18 Å². The van der Waals surface area contributed by atoms with Gasteiger partial charge in [-0.2, -0.15) is 0 Å². The summed E-state index contributed by atoms with van der Waals surface area (Å²) >= 11 is 0. The van der Waals surface area contributed by atoms with E-state index >= 15 is 0 Å². The molecule has 0 heterocycles. The summed E-state index contributed by atoms with van der Waals surface area (Å²) in [6.07, 6.45) is 3.63. The van der Waals surface area contributed by atoms with Crippen molar-refractivity contribution in [2.75, 3.05) is 0 Å². The summed E-state index contributed by atoms with van der Waals surface area (Å²) in [6.45, 7) is 14.5.